The lowest BCUT2D eigenvalue weighted by Crippen LogP contribution is -2.47. The number of methoxy groups -OCH3 is 2. The molecule has 53 heavy (non-hydrogen) atoms. The molecule has 9 rings (SSSR count). The molecule has 5 aromatic rings. The van der Waals surface area contributed by atoms with E-state index in [9.17, 15) is 9.59 Å². The van der Waals surface area contributed by atoms with E-state index in [1.165, 1.54) is 19.1 Å². The first-order chi connectivity index (χ1) is 26.0. The van der Waals surface area contributed by atoms with Crippen molar-refractivity contribution in [1.82, 2.24) is 20.2 Å². The molecule has 2 N–H and O–H groups in total. The molecule has 2 fully saturated rings. The van der Waals surface area contributed by atoms with Crippen LogP contribution in [0.25, 0.3) is 33.2 Å². The summed E-state index contributed by atoms with van der Waals surface area (Å²) in [4.78, 5) is 41.8. The summed E-state index contributed by atoms with van der Waals surface area (Å²) in [6, 6.07) is 23.6. The number of carbonyl (C=O) groups is 2. The highest BCUT2D eigenvalue weighted by molar-refractivity contribution is 6.06. The van der Waals surface area contributed by atoms with Gasteiger partial charge in [-0.25, -0.2) is 9.78 Å². The SMILES string of the molecule is COC[C@@H]1CC[C@H](c2ncc(-c3ccc4c(c3)COc3cc5c6c(ccc5cc3-4)N=C([C@@H]3CCCN3C(=O)[C@H](NC(=O)OC)c3ccccc3)C6)[nH]2)C1. The molecule has 0 bridgehead atoms. The van der Waals surface area contributed by atoms with E-state index in [4.69, 9.17) is 24.2 Å². The van der Waals surface area contributed by atoms with E-state index in [2.05, 4.69) is 52.8 Å². The smallest absolute Gasteiger partial charge is 0.407 e. The fraction of sp³-hybridized carbons (Fsp3) is 0.349. The second-order valence-corrected chi connectivity index (χ2v) is 14.8. The fourth-order valence-electron chi connectivity index (χ4n) is 8.94. The Bertz CT molecular complexity index is 2250. The molecule has 10 heteroatoms. The van der Waals surface area contributed by atoms with Crippen molar-refractivity contribution in [2.75, 3.05) is 27.4 Å². The van der Waals surface area contributed by atoms with Gasteiger partial charge in [-0.15, -0.1) is 0 Å². The van der Waals surface area contributed by atoms with Gasteiger partial charge in [-0.05, 0) is 101 Å². The van der Waals surface area contributed by atoms with Crippen molar-refractivity contribution in [2.45, 2.75) is 63.1 Å². The molecule has 3 aliphatic heterocycles. The van der Waals surface area contributed by atoms with Gasteiger partial charge in [0.2, 0.25) is 5.91 Å². The first-order valence-corrected chi connectivity index (χ1v) is 18.6. The topological polar surface area (TPSA) is 118 Å². The van der Waals surface area contributed by atoms with Gasteiger partial charge < -0.3 is 29.4 Å². The van der Waals surface area contributed by atoms with Crippen LogP contribution < -0.4 is 10.1 Å². The first-order valence-electron chi connectivity index (χ1n) is 18.6. The van der Waals surface area contributed by atoms with Crippen LogP contribution in [0.15, 0.2) is 84.0 Å². The number of aromatic nitrogens is 2. The summed E-state index contributed by atoms with van der Waals surface area (Å²) in [6.07, 6.45) is 7.11. The van der Waals surface area contributed by atoms with Crippen LogP contribution in [0.2, 0.25) is 0 Å². The summed E-state index contributed by atoms with van der Waals surface area (Å²) in [5.41, 5.74) is 9.34. The summed E-state index contributed by atoms with van der Waals surface area (Å²) < 4.78 is 16.7. The molecule has 4 aromatic carbocycles. The van der Waals surface area contributed by atoms with Crippen LogP contribution >= 0.6 is 0 Å². The monoisotopic (exact) mass is 709 g/mol. The Labute approximate surface area is 308 Å². The number of ether oxygens (including phenoxy) is 3. The Morgan fingerprint density at radius 2 is 1.91 bits per heavy atom. The standard InChI is InChI=1S/C43H43N5O5/c1-51-23-25-10-11-29(17-25)41-44-22-37(46-41)28-12-14-31-30(18-28)24-53-39-21-32-27(19-34(31)39)13-15-35-33(32)20-36(45-35)38-9-6-16-48(38)42(49)40(47-43(50)52-2)26-7-4-3-5-8-26/h3-5,7-8,12-15,18-19,21-22,25,29,38,40H,6,9-11,16-17,20,23-24H2,1-2H3,(H,44,46)(H,47,50)/t25-,29+,38+,40-/m1/s1. The molecule has 4 heterocycles. The number of carbonyl (C=O) groups excluding carboxylic acids is 2. The number of fused-ring (bicyclic) bond motifs is 6. The van der Waals surface area contributed by atoms with Crippen molar-refractivity contribution in [3.05, 3.63) is 102 Å². The number of aromatic amines is 1. The molecule has 4 atom stereocenters. The van der Waals surface area contributed by atoms with Gasteiger partial charge >= 0.3 is 6.09 Å². The van der Waals surface area contributed by atoms with E-state index in [0.29, 0.717) is 37.0 Å². The molecule has 1 saturated heterocycles. The van der Waals surface area contributed by atoms with Crippen LogP contribution in [0.5, 0.6) is 5.75 Å². The summed E-state index contributed by atoms with van der Waals surface area (Å²) in [5.74, 6) is 2.84. The number of rotatable bonds is 8. The summed E-state index contributed by atoms with van der Waals surface area (Å²) in [7, 11) is 3.09. The number of benzene rings is 4. The van der Waals surface area contributed by atoms with Crippen LogP contribution in [0.1, 0.15) is 66.6 Å². The predicted octanol–water partition coefficient (Wildman–Crippen LogP) is 8.04. The van der Waals surface area contributed by atoms with Gasteiger partial charge in [0.1, 0.15) is 24.2 Å². The highest BCUT2D eigenvalue weighted by Crippen LogP contribution is 2.45. The molecule has 0 spiro atoms. The summed E-state index contributed by atoms with van der Waals surface area (Å²) in [5, 5.41) is 5.01. The maximum absolute atomic E-state index is 14.1. The summed E-state index contributed by atoms with van der Waals surface area (Å²) >= 11 is 0. The highest BCUT2D eigenvalue weighted by atomic mass is 16.5. The van der Waals surface area contributed by atoms with Crippen molar-refractivity contribution >= 4 is 34.2 Å². The number of likely N-dealkylation sites (tertiary alicyclic amines) is 1. The number of alkyl carbamates (subject to hydrolysis) is 1. The quantitative estimate of drug-likeness (QED) is 0.168. The van der Waals surface area contributed by atoms with Gasteiger partial charge in [0.15, 0.2) is 0 Å². The minimum absolute atomic E-state index is 0.151. The van der Waals surface area contributed by atoms with E-state index >= 15 is 0 Å². The molecule has 10 nitrogen and oxygen atoms in total. The Morgan fingerprint density at radius 3 is 2.75 bits per heavy atom. The normalized spacial score (nSPS) is 20.7. The van der Waals surface area contributed by atoms with Crippen molar-refractivity contribution in [2.24, 2.45) is 10.9 Å². The van der Waals surface area contributed by atoms with Crippen molar-refractivity contribution < 1.29 is 23.8 Å². The molecule has 1 aliphatic carbocycles. The van der Waals surface area contributed by atoms with Gasteiger partial charge in [-0.1, -0.05) is 48.5 Å². The molecule has 0 unspecified atom stereocenters. The van der Waals surface area contributed by atoms with E-state index in [1.54, 1.807) is 7.11 Å². The lowest BCUT2D eigenvalue weighted by Gasteiger charge is -2.29. The van der Waals surface area contributed by atoms with Crippen LogP contribution in [0.3, 0.4) is 0 Å². The highest BCUT2D eigenvalue weighted by Gasteiger charge is 2.39. The maximum Gasteiger partial charge on any atom is 0.407 e. The largest absolute Gasteiger partial charge is 0.488 e. The molecule has 1 saturated carbocycles. The molecule has 0 radical (unpaired) electrons. The van der Waals surface area contributed by atoms with Crippen LogP contribution in [-0.2, 0) is 27.3 Å². The van der Waals surface area contributed by atoms with Crippen LogP contribution in [-0.4, -0.2) is 66.0 Å². The molecule has 270 valence electrons. The zero-order valence-corrected chi connectivity index (χ0v) is 30.1. The zero-order chi connectivity index (χ0) is 36.1. The Morgan fingerprint density at radius 1 is 1.02 bits per heavy atom. The lowest BCUT2D eigenvalue weighted by atomic mass is 9.90. The number of nitrogens with zero attached hydrogens (tertiary/aromatic N) is 3. The molecule has 2 amide bonds. The third-order valence-electron chi connectivity index (χ3n) is 11.6. The Balaban J connectivity index is 0.949. The van der Waals surface area contributed by atoms with Crippen molar-refractivity contribution in [1.29, 1.82) is 0 Å². The van der Waals surface area contributed by atoms with E-state index in [-0.39, 0.29) is 11.9 Å². The minimum Gasteiger partial charge on any atom is -0.488 e. The van der Waals surface area contributed by atoms with Crippen LogP contribution in [0, 0.1) is 5.92 Å². The number of amides is 2. The molecular weight excluding hydrogens is 667 g/mol. The van der Waals surface area contributed by atoms with Gasteiger partial charge in [0.05, 0.1) is 30.7 Å². The Kier molecular flexibility index (Phi) is 8.70. The fourth-order valence-corrected chi connectivity index (χ4v) is 8.94. The molecule has 4 aliphatic rings. The van der Waals surface area contributed by atoms with Gasteiger partial charge in [0.25, 0.3) is 0 Å². The minimum atomic E-state index is -0.847. The number of hydrogen-bond donors (Lipinski definition) is 2. The first kappa shape index (κ1) is 33.4. The summed E-state index contributed by atoms with van der Waals surface area (Å²) in [6.45, 7) is 1.91. The van der Waals surface area contributed by atoms with E-state index in [0.717, 1.165) is 94.0 Å². The second kappa shape index (κ2) is 13.8. The average molecular weight is 710 g/mol. The predicted molar refractivity (Wildman–Crippen MR) is 204 cm³/mol. The molecular formula is C43H43N5O5. The molecule has 1 aromatic heterocycles. The van der Waals surface area contributed by atoms with Crippen molar-refractivity contribution in [3.8, 4) is 28.1 Å². The average Bonchev–Trinajstić information content (AvgIpc) is 4.03. The number of aliphatic imine (C=N–C) groups is 1. The zero-order valence-electron chi connectivity index (χ0n) is 30.1. The number of H-pyrrole nitrogens is 1. The van der Waals surface area contributed by atoms with Gasteiger partial charge in [-0.2, -0.15) is 0 Å². The van der Waals surface area contributed by atoms with Gasteiger partial charge in [-0.3, -0.25) is 9.79 Å². The number of nitrogens with one attached hydrogen (secondary N) is 2. The lowest BCUT2D eigenvalue weighted by molar-refractivity contribution is -0.133. The number of hydrogen-bond acceptors (Lipinski definition) is 7. The van der Waals surface area contributed by atoms with Gasteiger partial charge in [0, 0.05) is 43.9 Å². The van der Waals surface area contributed by atoms with Crippen molar-refractivity contribution in [3.63, 3.8) is 0 Å². The Hall–Kier alpha value is -5.48. The third-order valence-corrected chi connectivity index (χ3v) is 11.6. The van der Waals surface area contributed by atoms with Crippen LogP contribution in [0.4, 0.5) is 10.5 Å². The van der Waals surface area contributed by atoms with E-state index in [1.807, 2.05) is 41.4 Å². The third kappa shape index (κ3) is 6.14. The second-order valence-electron chi connectivity index (χ2n) is 14.8. The van der Waals surface area contributed by atoms with E-state index < -0.39 is 12.1 Å². The number of imidazole rings is 1. The maximum atomic E-state index is 14.1.